The number of hydrogen-bond donors (Lipinski definition) is 2. The van der Waals surface area contributed by atoms with Gasteiger partial charge in [-0.1, -0.05) is 23.7 Å². The highest BCUT2D eigenvalue weighted by Gasteiger charge is 2.17. The fourth-order valence-corrected chi connectivity index (χ4v) is 2.75. The lowest BCUT2D eigenvalue weighted by atomic mass is 10.1. The van der Waals surface area contributed by atoms with Crippen LogP contribution in [0, 0.1) is 0 Å². The molecule has 20 heavy (non-hydrogen) atoms. The average Bonchev–Trinajstić information content (AvgIpc) is 3.07. The van der Waals surface area contributed by atoms with E-state index in [9.17, 15) is 4.79 Å². The Kier molecular flexibility index (Phi) is 3.36. The molecule has 2 heterocycles. The third-order valence-corrected chi connectivity index (χ3v) is 3.69. The van der Waals surface area contributed by atoms with Crippen LogP contribution in [0.25, 0.3) is 10.9 Å². The molecule has 0 spiro atoms. The first-order chi connectivity index (χ1) is 9.70. The van der Waals surface area contributed by atoms with Crippen molar-refractivity contribution in [3.05, 3.63) is 35.0 Å². The van der Waals surface area contributed by atoms with E-state index in [1.54, 1.807) is 7.05 Å². The maximum Gasteiger partial charge on any atom is 0.253 e. The van der Waals surface area contributed by atoms with Crippen molar-refractivity contribution in [3.63, 3.8) is 0 Å². The van der Waals surface area contributed by atoms with Crippen molar-refractivity contribution in [2.24, 2.45) is 4.99 Å². The first-order valence-corrected chi connectivity index (χ1v) is 6.85. The van der Waals surface area contributed by atoms with Crippen LogP contribution in [0.2, 0.25) is 5.02 Å². The maximum absolute atomic E-state index is 12.0. The van der Waals surface area contributed by atoms with Crippen molar-refractivity contribution in [3.8, 4) is 0 Å². The second-order valence-electron chi connectivity index (χ2n) is 4.64. The average molecular weight is 291 g/mol. The van der Waals surface area contributed by atoms with Gasteiger partial charge in [-0.15, -0.1) is 0 Å². The Balaban J connectivity index is 2.13. The van der Waals surface area contributed by atoms with Gasteiger partial charge in [-0.25, -0.2) is 0 Å². The van der Waals surface area contributed by atoms with E-state index in [4.69, 9.17) is 11.6 Å². The van der Waals surface area contributed by atoms with Crippen molar-refractivity contribution >= 4 is 34.2 Å². The monoisotopic (exact) mass is 290 g/mol. The van der Waals surface area contributed by atoms with Crippen LogP contribution in [-0.2, 0) is 6.54 Å². The quantitative estimate of drug-likeness (QED) is 0.903. The number of aliphatic imine (C=N–C) groups is 1. The van der Waals surface area contributed by atoms with Crippen LogP contribution < -0.4 is 10.6 Å². The van der Waals surface area contributed by atoms with Gasteiger partial charge in [0, 0.05) is 25.2 Å². The molecule has 0 fully saturated rings. The van der Waals surface area contributed by atoms with Crippen LogP contribution >= 0.6 is 11.6 Å². The third kappa shape index (κ3) is 2.14. The molecule has 5 nitrogen and oxygen atoms in total. The second kappa shape index (κ2) is 5.17. The predicted octanol–water partition coefficient (Wildman–Crippen LogP) is 1.66. The Morgan fingerprint density at radius 1 is 1.55 bits per heavy atom. The standard InChI is InChI=1S/C14H15ClN4O/c1-16-14(20)10-7-19(8-12-17-5-6-18-12)13-9(10)3-2-4-11(13)15/h2-4,7H,5-6,8H2,1H3,(H,16,20)(H,17,18). The summed E-state index contributed by atoms with van der Waals surface area (Å²) in [5, 5.41) is 7.38. The number of amides is 1. The number of para-hydroxylation sites is 1. The lowest BCUT2D eigenvalue weighted by Gasteiger charge is -2.06. The van der Waals surface area contributed by atoms with E-state index in [2.05, 4.69) is 15.6 Å². The Labute approximate surface area is 121 Å². The van der Waals surface area contributed by atoms with Crippen LogP contribution in [0.1, 0.15) is 10.4 Å². The van der Waals surface area contributed by atoms with Crippen LogP contribution in [0.4, 0.5) is 0 Å². The van der Waals surface area contributed by atoms with Gasteiger partial charge in [-0.2, -0.15) is 0 Å². The molecule has 0 atom stereocenters. The Morgan fingerprint density at radius 3 is 3.10 bits per heavy atom. The van der Waals surface area contributed by atoms with Crippen molar-refractivity contribution < 1.29 is 4.79 Å². The molecule has 2 aromatic rings. The highest BCUT2D eigenvalue weighted by atomic mass is 35.5. The van der Waals surface area contributed by atoms with Crippen molar-refractivity contribution in [2.45, 2.75) is 6.54 Å². The van der Waals surface area contributed by atoms with Crippen molar-refractivity contribution in [2.75, 3.05) is 20.1 Å². The normalized spacial score (nSPS) is 14.2. The topological polar surface area (TPSA) is 58.4 Å². The molecule has 0 radical (unpaired) electrons. The van der Waals surface area contributed by atoms with Gasteiger partial charge < -0.3 is 15.2 Å². The van der Waals surface area contributed by atoms with E-state index in [-0.39, 0.29) is 5.91 Å². The number of benzene rings is 1. The molecule has 0 aliphatic carbocycles. The van der Waals surface area contributed by atoms with E-state index in [0.29, 0.717) is 17.1 Å². The minimum atomic E-state index is -0.114. The van der Waals surface area contributed by atoms with E-state index in [1.165, 1.54) is 0 Å². The summed E-state index contributed by atoms with van der Waals surface area (Å²) in [5.41, 5.74) is 1.49. The molecular formula is C14H15ClN4O. The number of carbonyl (C=O) groups excluding carboxylic acids is 1. The Bertz CT molecular complexity index is 705. The summed E-state index contributed by atoms with van der Waals surface area (Å²) in [7, 11) is 1.62. The van der Waals surface area contributed by atoms with Crippen LogP contribution in [0.5, 0.6) is 0 Å². The van der Waals surface area contributed by atoms with Gasteiger partial charge in [-0.3, -0.25) is 9.79 Å². The number of carbonyl (C=O) groups is 1. The lowest BCUT2D eigenvalue weighted by Crippen LogP contribution is -2.23. The molecule has 0 saturated carbocycles. The smallest absolute Gasteiger partial charge is 0.253 e. The Morgan fingerprint density at radius 2 is 2.40 bits per heavy atom. The van der Waals surface area contributed by atoms with Crippen molar-refractivity contribution in [1.29, 1.82) is 0 Å². The first kappa shape index (κ1) is 13.0. The third-order valence-electron chi connectivity index (χ3n) is 3.38. The van der Waals surface area contributed by atoms with Gasteiger partial charge in [0.2, 0.25) is 0 Å². The SMILES string of the molecule is CNC(=O)c1cn(CC2=NCCN2)c2c(Cl)cccc12. The number of rotatable bonds is 3. The van der Waals surface area contributed by atoms with E-state index in [0.717, 1.165) is 29.8 Å². The summed E-state index contributed by atoms with van der Waals surface area (Å²) in [6, 6.07) is 5.59. The zero-order chi connectivity index (χ0) is 14.1. The zero-order valence-electron chi connectivity index (χ0n) is 11.1. The second-order valence-corrected chi connectivity index (χ2v) is 5.05. The van der Waals surface area contributed by atoms with Gasteiger partial charge in [0.25, 0.3) is 5.91 Å². The van der Waals surface area contributed by atoms with Gasteiger partial charge in [0.1, 0.15) is 5.84 Å². The largest absolute Gasteiger partial charge is 0.370 e. The van der Waals surface area contributed by atoms with Gasteiger partial charge in [0.05, 0.1) is 29.2 Å². The summed E-state index contributed by atoms with van der Waals surface area (Å²) >= 11 is 6.30. The predicted molar refractivity (Wildman–Crippen MR) is 80.6 cm³/mol. The highest BCUT2D eigenvalue weighted by molar-refractivity contribution is 6.35. The summed E-state index contributed by atoms with van der Waals surface area (Å²) in [6.07, 6.45) is 1.83. The summed E-state index contributed by atoms with van der Waals surface area (Å²) in [5.74, 6) is 0.808. The zero-order valence-corrected chi connectivity index (χ0v) is 11.9. The molecule has 1 aliphatic rings. The van der Waals surface area contributed by atoms with Crippen LogP contribution in [-0.4, -0.2) is 36.4 Å². The summed E-state index contributed by atoms with van der Waals surface area (Å²) in [6.45, 7) is 2.26. The van der Waals surface area contributed by atoms with Crippen LogP contribution in [0.15, 0.2) is 29.4 Å². The summed E-state index contributed by atoms with van der Waals surface area (Å²) < 4.78 is 1.97. The molecule has 3 rings (SSSR count). The number of aromatic nitrogens is 1. The fourth-order valence-electron chi connectivity index (χ4n) is 2.47. The van der Waals surface area contributed by atoms with Gasteiger partial charge >= 0.3 is 0 Å². The number of amidine groups is 1. The first-order valence-electron chi connectivity index (χ1n) is 6.47. The van der Waals surface area contributed by atoms with Crippen LogP contribution in [0.3, 0.4) is 0 Å². The van der Waals surface area contributed by atoms with E-state index >= 15 is 0 Å². The van der Waals surface area contributed by atoms with Gasteiger partial charge in [-0.05, 0) is 6.07 Å². The molecule has 1 amide bonds. The van der Waals surface area contributed by atoms with E-state index < -0.39 is 0 Å². The molecule has 1 aliphatic heterocycles. The number of halogens is 1. The molecule has 6 heteroatoms. The summed E-state index contributed by atoms with van der Waals surface area (Å²) in [4.78, 5) is 16.4. The number of hydrogen-bond acceptors (Lipinski definition) is 3. The number of nitrogens with one attached hydrogen (secondary N) is 2. The molecule has 0 saturated heterocycles. The molecule has 1 aromatic heterocycles. The molecule has 0 unspecified atom stereocenters. The van der Waals surface area contributed by atoms with Gasteiger partial charge in [0.15, 0.2) is 0 Å². The Hall–Kier alpha value is -2.01. The maximum atomic E-state index is 12.0. The molecule has 2 N–H and O–H groups in total. The molecular weight excluding hydrogens is 276 g/mol. The van der Waals surface area contributed by atoms with E-state index in [1.807, 2.05) is 29.0 Å². The highest BCUT2D eigenvalue weighted by Crippen LogP contribution is 2.28. The fraction of sp³-hybridized carbons (Fsp3) is 0.286. The molecule has 104 valence electrons. The lowest BCUT2D eigenvalue weighted by molar-refractivity contribution is 0.0964. The number of fused-ring (bicyclic) bond motifs is 1. The number of nitrogens with zero attached hydrogens (tertiary/aromatic N) is 2. The molecule has 1 aromatic carbocycles. The molecule has 0 bridgehead atoms. The minimum absolute atomic E-state index is 0.114. The minimum Gasteiger partial charge on any atom is -0.370 e. The van der Waals surface area contributed by atoms with Crippen molar-refractivity contribution in [1.82, 2.24) is 15.2 Å².